The lowest BCUT2D eigenvalue weighted by Gasteiger charge is -2.12. The van der Waals surface area contributed by atoms with Crippen LogP contribution in [-0.4, -0.2) is 31.2 Å². The average Bonchev–Trinajstić information content (AvgIpc) is 3.16. The number of benzene rings is 1. The van der Waals surface area contributed by atoms with Crippen molar-refractivity contribution < 1.29 is 13.5 Å². The molecular formula is C14H18N2O3S. The number of nitrogens with one attached hydrogen (secondary N) is 1. The molecule has 1 aliphatic rings. The van der Waals surface area contributed by atoms with Crippen LogP contribution in [0.15, 0.2) is 35.4 Å². The maximum atomic E-state index is 12.4. The first-order chi connectivity index (χ1) is 9.47. The van der Waals surface area contributed by atoms with E-state index >= 15 is 0 Å². The van der Waals surface area contributed by atoms with Crippen LogP contribution in [0.1, 0.15) is 12.8 Å². The zero-order valence-corrected chi connectivity index (χ0v) is 12.2. The van der Waals surface area contributed by atoms with Gasteiger partial charge in [0, 0.05) is 42.7 Å². The minimum Gasteiger partial charge on any atom is -0.396 e. The van der Waals surface area contributed by atoms with Crippen LogP contribution in [0.3, 0.4) is 0 Å². The second kappa shape index (κ2) is 4.58. The van der Waals surface area contributed by atoms with E-state index in [1.807, 2.05) is 35.9 Å². The smallest absolute Gasteiger partial charge is 0.242 e. The minimum absolute atomic E-state index is 0.0328. The van der Waals surface area contributed by atoms with Crippen LogP contribution in [0, 0.1) is 5.41 Å². The number of sulfonamides is 1. The van der Waals surface area contributed by atoms with Crippen molar-refractivity contribution in [3.8, 4) is 0 Å². The fourth-order valence-electron chi connectivity index (χ4n) is 2.41. The molecule has 1 fully saturated rings. The standard InChI is InChI=1S/C14H18N2O3S/c1-16-8-13(11-4-2-3-5-12(11)16)20(18,19)15-9-14(10-17)6-7-14/h2-5,8,15,17H,6-7,9-10H2,1H3. The lowest BCUT2D eigenvalue weighted by molar-refractivity contribution is 0.213. The topological polar surface area (TPSA) is 71.3 Å². The Balaban J connectivity index is 1.93. The predicted molar refractivity (Wildman–Crippen MR) is 76.9 cm³/mol. The van der Waals surface area contributed by atoms with Gasteiger partial charge in [-0.15, -0.1) is 0 Å². The van der Waals surface area contributed by atoms with Gasteiger partial charge < -0.3 is 9.67 Å². The van der Waals surface area contributed by atoms with E-state index in [9.17, 15) is 13.5 Å². The summed E-state index contributed by atoms with van der Waals surface area (Å²) in [6, 6.07) is 7.42. The number of para-hydroxylation sites is 1. The van der Waals surface area contributed by atoms with Crippen molar-refractivity contribution in [1.29, 1.82) is 0 Å². The summed E-state index contributed by atoms with van der Waals surface area (Å²) in [7, 11) is -1.72. The number of aryl methyl sites for hydroxylation is 1. The van der Waals surface area contributed by atoms with Crippen molar-refractivity contribution in [2.24, 2.45) is 12.5 Å². The summed E-state index contributed by atoms with van der Waals surface area (Å²) < 4.78 is 29.3. The molecule has 1 aliphatic carbocycles. The van der Waals surface area contributed by atoms with Crippen molar-refractivity contribution in [2.75, 3.05) is 13.2 Å². The molecule has 0 atom stereocenters. The molecule has 20 heavy (non-hydrogen) atoms. The number of hydrogen-bond donors (Lipinski definition) is 2. The molecule has 0 amide bonds. The largest absolute Gasteiger partial charge is 0.396 e. The van der Waals surface area contributed by atoms with Crippen LogP contribution >= 0.6 is 0 Å². The maximum absolute atomic E-state index is 12.4. The molecule has 0 unspecified atom stereocenters. The minimum atomic E-state index is -3.55. The van der Waals surface area contributed by atoms with Gasteiger partial charge in [0.1, 0.15) is 4.90 Å². The van der Waals surface area contributed by atoms with E-state index in [0.717, 1.165) is 23.7 Å². The monoisotopic (exact) mass is 294 g/mol. The molecule has 0 saturated heterocycles. The van der Waals surface area contributed by atoms with Gasteiger partial charge in [-0.2, -0.15) is 0 Å². The summed E-state index contributed by atoms with van der Waals surface area (Å²) >= 11 is 0. The first-order valence-electron chi connectivity index (χ1n) is 6.62. The second-order valence-electron chi connectivity index (χ2n) is 5.60. The number of aliphatic hydroxyl groups excluding tert-OH is 1. The fraction of sp³-hybridized carbons (Fsp3) is 0.429. The van der Waals surface area contributed by atoms with E-state index in [1.165, 1.54) is 0 Å². The van der Waals surface area contributed by atoms with E-state index in [0.29, 0.717) is 11.4 Å². The van der Waals surface area contributed by atoms with Crippen molar-refractivity contribution in [2.45, 2.75) is 17.7 Å². The summed E-state index contributed by atoms with van der Waals surface area (Å²) in [5.41, 5.74) is 0.647. The zero-order valence-electron chi connectivity index (χ0n) is 11.3. The molecule has 0 aliphatic heterocycles. The Morgan fingerprint density at radius 2 is 2.05 bits per heavy atom. The number of aliphatic hydroxyl groups is 1. The van der Waals surface area contributed by atoms with E-state index in [1.54, 1.807) is 6.20 Å². The molecule has 0 radical (unpaired) electrons. The first kappa shape index (κ1) is 13.6. The van der Waals surface area contributed by atoms with Crippen LogP contribution in [-0.2, 0) is 17.1 Å². The van der Waals surface area contributed by atoms with E-state index < -0.39 is 10.0 Å². The zero-order chi connectivity index (χ0) is 14.4. The third kappa shape index (κ3) is 2.24. The van der Waals surface area contributed by atoms with Gasteiger partial charge in [0.2, 0.25) is 10.0 Å². The Morgan fingerprint density at radius 1 is 1.35 bits per heavy atom. The van der Waals surface area contributed by atoms with Gasteiger partial charge in [-0.25, -0.2) is 13.1 Å². The van der Waals surface area contributed by atoms with Crippen molar-refractivity contribution in [3.05, 3.63) is 30.5 Å². The normalized spacial score (nSPS) is 17.5. The SMILES string of the molecule is Cn1cc(S(=O)(=O)NCC2(CO)CC2)c2ccccc21. The number of aromatic nitrogens is 1. The van der Waals surface area contributed by atoms with Crippen LogP contribution in [0.5, 0.6) is 0 Å². The van der Waals surface area contributed by atoms with Crippen molar-refractivity contribution in [3.63, 3.8) is 0 Å². The van der Waals surface area contributed by atoms with Crippen LogP contribution in [0.4, 0.5) is 0 Å². The van der Waals surface area contributed by atoms with Crippen LogP contribution < -0.4 is 4.72 Å². The summed E-state index contributed by atoms with van der Waals surface area (Å²) in [6.45, 7) is 0.333. The Bertz CT molecular complexity index is 745. The highest BCUT2D eigenvalue weighted by atomic mass is 32.2. The van der Waals surface area contributed by atoms with Crippen LogP contribution in [0.25, 0.3) is 10.9 Å². The van der Waals surface area contributed by atoms with E-state index in [4.69, 9.17) is 0 Å². The first-order valence-corrected chi connectivity index (χ1v) is 8.10. The lowest BCUT2D eigenvalue weighted by atomic mass is 10.1. The van der Waals surface area contributed by atoms with Gasteiger partial charge in [-0.05, 0) is 18.9 Å². The lowest BCUT2D eigenvalue weighted by Crippen LogP contribution is -2.31. The number of hydrogen-bond acceptors (Lipinski definition) is 3. The number of nitrogens with zero attached hydrogens (tertiary/aromatic N) is 1. The Morgan fingerprint density at radius 3 is 2.70 bits per heavy atom. The van der Waals surface area contributed by atoms with Gasteiger partial charge >= 0.3 is 0 Å². The average molecular weight is 294 g/mol. The summed E-state index contributed by atoms with van der Waals surface area (Å²) in [6.07, 6.45) is 3.38. The highest BCUT2D eigenvalue weighted by Crippen LogP contribution is 2.44. The molecule has 3 rings (SSSR count). The van der Waals surface area contributed by atoms with E-state index in [2.05, 4.69) is 4.72 Å². The molecule has 6 heteroatoms. The Labute approximate surface area is 118 Å². The molecule has 0 bridgehead atoms. The molecule has 1 heterocycles. The summed E-state index contributed by atoms with van der Waals surface area (Å²) in [5, 5.41) is 9.98. The van der Waals surface area contributed by atoms with Crippen molar-refractivity contribution in [1.82, 2.24) is 9.29 Å². The van der Waals surface area contributed by atoms with Gasteiger partial charge in [0.25, 0.3) is 0 Å². The Hall–Kier alpha value is -1.37. The summed E-state index contributed by atoms with van der Waals surface area (Å²) in [5.74, 6) is 0. The fourth-order valence-corrected chi connectivity index (χ4v) is 3.82. The highest BCUT2D eigenvalue weighted by molar-refractivity contribution is 7.89. The molecule has 0 spiro atoms. The molecule has 1 saturated carbocycles. The molecular weight excluding hydrogens is 276 g/mol. The van der Waals surface area contributed by atoms with Gasteiger partial charge in [0.05, 0.1) is 0 Å². The third-order valence-corrected chi connectivity index (χ3v) is 5.51. The van der Waals surface area contributed by atoms with Crippen LogP contribution in [0.2, 0.25) is 0 Å². The Kier molecular flexibility index (Phi) is 3.12. The molecule has 2 aromatic rings. The summed E-state index contributed by atoms with van der Waals surface area (Å²) in [4.78, 5) is 0.296. The second-order valence-corrected chi connectivity index (χ2v) is 7.34. The van der Waals surface area contributed by atoms with Gasteiger partial charge in [-0.3, -0.25) is 0 Å². The van der Waals surface area contributed by atoms with E-state index in [-0.39, 0.29) is 12.0 Å². The van der Waals surface area contributed by atoms with Gasteiger partial charge in [0.15, 0.2) is 0 Å². The molecule has 108 valence electrons. The molecule has 2 N–H and O–H groups in total. The highest BCUT2D eigenvalue weighted by Gasteiger charge is 2.42. The third-order valence-electron chi connectivity index (χ3n) is 4.08. The number of rotatable bonds is 5. The van der Waals surface area contributed by atoms with Gasteiger partial charge in [-0.1, -0.05) is 18.2 Å². The molecule has 1 aromatic carbocycles. The number of fused-ring (bicyclic) bond motifs is 1. The maximum Gasteiger partial charge on any atom is 0.242 e. The molecule has 1 aromatic heterocycles. The predicted octanol–water partition coefficient (Wildman–Crippen LogP) is 1.23. The quantitative estimate of drug-likeness (QED) is 0.871. The van der Waals surface area contributed by atoms with Crippen molar-refractivity contribution >= 4 is 20.9 Å². The molecule has 5 nitrogen and oxygen atoms in total.